The zero-order valence-corrected chi connectivity index (χ0v) is 15.7. The Kier molecular flexibility index (Phi) is 5.15. The molecule has 148 valence electrons. The molecule has 2 amide bonds. The lowest BCUT2D eigenvalue weighted by Crippen LogP contribution is -2.46. The summed E-state index contributed by atoms with van der Waals surface area (Å²) < 4.78 is 16.1. The van der Waals surface area contributed by atoms with E-state index < -0.39 is 17.9 Å². The van der Waals surface area contributed by atoms with Crippen LogP contribution in [0.3, 0.4) is 0 Å². The van der Waals surface area contributed by atoms with Crippen molar-refractivity contribution in [3.8, 4) is 11.5 Å². The number of ether oxygens (including phenoxy) is 2. The number of carbonyl (C=O) groups is 2. The van der Waals surface area contributed by atoms with Crippen molar-refractivity contribution < 1.29 is 23.6 Å². The van der Waals surface area contributed by atoms with Crippen LogP contribution in [-0.4, -0.2) is 36.7 Å². The van der Waals surface area contributed by atoms with Crippen LogP contribution in [0.4, 0.5) is 5.69 Å². The summed E-state index contributed by atoms with van der Waals surface area (Å²) in [6, 6.07) is 15.5. The van der Waals surface area contributed by atoms with Crippen LogP contribution in [0.5, 0.6) is 11.5 Å². The van der Waals surface area contributed by atoms with Gasteiger partial charge in [-0.15, -0.1) is 0 Å². The van der Waals surface area contributed by atoms with Crippen LogP contribution in [0.25, 0.3) is 0 Å². The summed E-state index contributed by atoms with van der Waals surface area (Å²) in [6.07, 6.45) is 0.519. The van der Waals surface area contributed by atoms with Gasteiger partial charge in [0, 0.05) is 18.6 Å². The van der Waals surface area contributed by atoms with Gasteiger partial charge in [-0.2, -0.15) is 0 Å². The van der Waals surface area contributed by atoms with Crippen molar-refractivity contribution >= 4 is 17.5 Å². The summed E-state index contributed by atoms with van der Waals surface area (Å²) in [5.41, 5.74) is 1.63. The van der Waals surface area contributed by atoms with E-state index in [0.29, 0.717) is 29.4 Å². The van der Waals surface area contributed by atoms with Gasteiger partial charge in [-0.05, 0) is 17.7 Å². The van der Waals surface area contributed by atoms with Crippen molar-refractivity contribution in [2.24, 2.45) is 0 Å². The number of nitrogens with one attached hydrogen (secondary N) is 2. The zero-order valence-electron chi connectivity index (χ0n) is 15.7. The maximum Gasteiger partial charge on any atom is 0.274 e. The van der Waals surface area contributed by atoms with E-state index in [1.54, 1.807) is 24.3 Å². The van der Waals surface area contributed by atoms with Gasteiger partial charge in [0.25, 0.3) is 11.8 Å². The highest BCUT2D eigenvalue weighted by atomic mass is 16.5. The largest absolute Gasteiger partial charge is 0.497 e. The standard InChI is InChI=1S/C21H19N3O5/c1-27-14-7-8-19-16(10-14)22-21(26)18(12-28-19)23-20(25)17-11-15(29-24-17)9-13-5-3-2-4-6-13/h2-8,10-11,18H,9,12H2,1H3,(H,22,26)(H,23,25). The van der Waals surface area contributed by atoms with Crippen LogP contribution in [0.1, 0.15) is 21.8 Å². The number of rotatable bonds is 5. The van der Waals surface area contributed by atoms with Gasteiger partial charge in [0.15, 0.2) is 5.69 Å². The highest BCUT2D eigenvalue weighted by molar-refractivity contribution is 6.01. The van der Waals surface area contributed by atoms with Crippen LogP contribution in [-0.2, 0) is 11.2 Å². The van der Waals surface area contributed by atoms with Crippen molar-refractivity contribution in [3.05, 3.63) is 71.6 Å². The van der Waals surface area contributed by atoms with Crippen LogP contribution in [0.15, 0.2) is 59.1 Å². The number of methoxy groups -OCH3 is 1. The first-order valence-electron chi connectivity index (χ1n) is 9.04. The van der Waals surface area contributed by atoms with Gasteiger partial charge in [0.05, 0.1) is 12.8 Å². The molecule has 1 unspecified atom stereocenters. The number of amides is 2. The normalized spacial score (nSPS) is 15.5. The fraction of sp³-hybridized carbons (Fsp3) is 0.190. The van der Waals surface area contributed by atoms with Gasteiger partial charge >= 0.3 is 0 Å². The van der Waals surface area contributed by atoms with Gasteiger partial charge in [-0.1, -0.05) is 35.5 Å². The molecule has 0 fully saturated rings. The van der Waals surface area contributed by atoms with Gasteiger partial charge in [0.2, 0.25) is 0 Å². The van der Waals surface area contributed by atoms with Crippen LogP contribution >= 0.6 is 0 Å². The summed E-state index contributed by atoms with van der Waals surface area (Å²) in [4.78, 5) is 25.0. The van der Waals surface area contributed by atoms with Crippen LogP contribution < -0.4 is 20.1 Å². The molecule has 2 heterocycles. The van der Waals surface area contributed by atoms with E-state index in [2.05, 4.69) is 15.8 Å². The number of hydrogen-bond acceptors (Lipinski definition) is 6. The van der Waals surface area contributed by atoms with E-state index in [4.69, 9.17) is 14.0 Å². The molecule has 8 heteroatoms. The first kappa shape index (κ1) is 18.5. The Morgan fingerprint density at radius 2 is 2.07 bits per heavy atom. The van der Waals surface area contributed by atoms with Crippen LogP contribution in [0.2, 0.25) is 0 Å². The SMILES string of the molecule is COc1ccc2c(c1)NC(=O)C(NC(=O)c1cc(Cc3ccccc3)on1)CO2. The summed E-state index contributed by atoms with van der Waals surface area (Å²) in [5, 5.41) is 9.19. The van der Waals surface area contributed by atoms with E-state index in [-0.39, 0.29) is 12.3 Å². The molecule has 0 bridgehead atoms. The molecule has 3 aromatic rings. The van der Waals surface area contributed by atoms with E-state index in [1.807, 2.05) is 30.3 Å². The van der Waals surface area contributed by atoms with E-state index in [1.165, 1.54) is 7.11 Å². The van der Waals surface area contributed by atoms with Crippen LogP contribution in [0, 0.1) is 0 Å². The second-order valence-corrected chi connectivity index (χ2v) is 6.53. The quantitative estimate of drug-likeness (QED) is 0.690. The Bertz CT molecular complexity index is 1030. The third-order valence-corrected chi connectivity index (χ3v) is 4.48. The average Bonchev–Trinajstić information content (AvgIpc) is 3.14. The smallest absolute Gasteiger partial charge is 0.274 e. The molecule has 4 rings (SSSR count). The Balaban J connectivity index is 1.41. The molecule has 1 aromatic heterocycles. The third-order valence-electron chi connectivity index (χ3n) is 4.48. The number of nitrogens with zero attached hydrogens (tertiary/aromatic N) is 1. The van der Waals surface area contributed by atoms with Gasteiger partial charge in [0.1, 0.15) is 29.9 Å². The molecule has 1 atom stereocenters. The van der Waals surface area contributed by atoms with E-state index in [0.717, 1.165) is 5.56 Å². The predicted octanol–water partition coefficient (Wildman–Crippen LogP) is 2.40. The maximum absolute atomic E-state index is 12.5. The summed E-state index contributed by atoms with van der Waals surface area (Å²) in [7, 11) is 1.54. The molecule has 1 aliphatic heterocycles. The Labute approximate surface area is 166 Å². The second-order valence-electron chi connectivity index (χ2n) is 6.53. The van der Waals surface area contributed by atoms with E-state index >= 15 is 0 Å². The molecule has 0 spiro atoms. The highest BCUT2D eigenvalue weighted by Crippen LogP contribution is 2.31. The number of aromatic nitrogens is 1. The number of benzene rings is 2. The molecular formula is C21H19N3O5. The van der Waals surface area contributed by atoms with Gasteiger partial charge in [-0.3, -0.25) is 9.59 Å². The van der Waals surface area contributed by atoms with Crippen molar-refractivity contribution in [2.75, 3.05) is 19.0 Å². The predicted molar refractivity (Wildman–Crippen MR) is 104 cm³/mol. The number of fused-ring (bicyclic) bond motifs is 1. The average molecular weight is 393 g/mol. The van der Waals surface area contributed by atoms with Gasteiger partial charge < -0.3 is 24.6 Å². The maximum atomic E-state index is 12.5. The molecule has 8 nitrogen and oxygen atoms in total. The van der Waals surface area contributed by atoms with Crippen molar-refractivity contribution in [1.82, 2.24) is 10.5 Å². The Morgan fingerprint density at radius 3 is 2.86 bits per heavy atom. The Hall–Kier alpha value is -3.81. The van der Waals surface area contributed by atoms with Crippen molar-refractivity contribution in [1.29, 1.82) is 0 Å². The molecule has 2 N–H and O–H groups in total. The lowest BCUT2D eigenvalue weighted by atomic mass is 10.1. The summed E-state index contributed by atoms with van der Waals surface area (Å²) >= 11 is 0. The fourth-order valence-electron chi connectivity index (χ4n) is 2.97. The topological polar surface area (TPSA) is 103 Å². The molecule has 29 heavy (non-hydrogen) atoms. The molecule has 0 aliphatic carbocycles. The number of carbonyl (C=O) groups excluding carboxylic acids is 2. The second kappa shape index (κ2) is 8.05. The van der Waals surface area contributed by atoms with Crippen molar-refractivity contribution in [2.45, 2.75) is 12.5 Å². The minimum absolute atomic E-state index is 0.00831. The Morgan fingerprint density at radius 1 is 1.24 bits per heavy atom. The molecule has 0 radical (unpaired) electrons. The molecule has 0 saturated carbocycles. The number of hydrogen-bond donors (Lipinski definition) is 2. The summed E-state index contributed by atoms with van der Waals surface area (Å²) in [5.74, 6) is 0.743. The lowest BCUT2D eigenvalue weighted by Gasteiger charge is -2.13. The first-order valence-corrected chi connectivity index (χ1v) is 9.04. The summed E-state index contributed by atoms with van der Waals surface area (Å²) in [6.45, 7) is -0.00831. The number of anilines is 1. The van der Waals surface area contributed by atoms with Gasteiger partial charge in [-0.25, -0.2) is 0 Å². The third kappa shape index (κ3) is 4.21. The fourth-order valence-corrected chi connectivity index (χ4v) is 2.97. The highest BCUT2D eigenvalue weighted by Gasteiger charge is 2.28. The monoisotopic (exact) mass is 393 g/mol. The first-order chi connectivity index (χ1) is 14.1. The minimum atomic E-state index is -0.879. The zero-order chi connectivity index (χ0) is 20.2. The van der Waals surface area contributed by atoms with E-state index in [9.17, 15) is 9.59 Å². The molecule has 0 saturated heterocycles. The molecule has 1 aliphatic rings. The molecular weight excluding hydrogens is 374 g/mol. The lowest BCUT2D eigenvalue weighted by molar-refractivity contribution is -0.118. The minimum Gasteiger partial charge on any atom is -0.497 e. The molecule has 2 aromatic carbocycles. The van der Waals surface area contributed by atoms with Crippen molar-refractivity contribution in [3.63, 3.8) is 0 Å².